The third-order valence-electron chi connectivity index (χ3n) is 3.19. The molecular formula is C16H10F6N2O2. The molecule has 2 aromatic rings. The molecule has 26 heavy (non-hydrogen) atoms. The standard InChI is InChI=1S/C16H10F6N2O2/c17-10-5-6-11(14(19)13(10)18)24-12(25)7-23-15(26)8-1-3-9(4-2-8)16(20,21)22/h1-6H,7H2,(H,23,26)(H,24,25). The number of alkyl halides is 3. The first-order chi connectivity index (χ1) is 12.1. The Morgan fingerprint density at radius 2 is 1.50 bits per heavy atom. The summed E-state index contributed by atoms with van der Waals surface area (Å²) in [4.78, 5) is 23.4. The number of rotatable bonds is 4. The van der Waals surface area contributed by atoms with Gasteiger partial charge in [0.15, 0.2) is 17.5 Å². The summed E-state index contributed by atoms with van der Waals surface area (Å²) < 4.78 is 76.5. The van der Waals surface area contributed by atoms with Crippen LogP contribution in [0.3, 0.4) is 0 Å². The predicted molar refractivity (Wildman–Crippen MR) is 78.7 cm³/mol. The van der Waals surface area contributed by atoms with Crippen molar-refractivity contribution < 1.29 is 35.9 Å². The zero-order valence-electron chi connectivity index (χ0n) is 12.8. The lowest BCUT2D eigenvalue weighted by Gasteiger charge is -2.09. The van der Waals surface area contributed by atoms with Gasteiger partial charge in [-0.05, 0) is 36.4 Å². The highest BCUT2D eigenvalue weighted by atomic mass is 19.4. The molecule has 0 aliphatic heterocycles. The van der Waals surface area contributed by atoms with Gasteiger partial charge in [0.1, 0.15) is 0 Å². The minimum absolute atomic E-state index is 0.134. The Kier molecular flexibility index (Phi) is 5.53. The van der Waals surface area contributed by atoms with E-state index in [1.807, 2.05) is 5.32 Å². The molecule has 0 fully saturated rings. The van der Waals surface area contributed by atoms with Crippen LogP contribution in [0.4, 0.5) is 32.0 Å². The number of halogens is 6. The van der Waals surface area contributed by atoms with E-state index >= 15 is 0 Å². The van der Waals surface area contributed by atoms with Crippen molar-refractivity contribution in [2.45, 2.75) is 6.18 Å². The number of nitrogens with one attached hydrogen (secondary N) is 2. The topological polar surface area (TPSA) is 58.2 Å². The van der Waals surface area contributed by atoms with E-state index in [1.165, 1.54) is 0 Å². The number of hydrogen-bond donors (Lipinski definition) is 2. The Labute approximate surface area is 142 Å². The second-order valence-corrected chi connectivity index (χ2v) is 5.03. The van der Waals surface area contributed by atoms with Crippen molar-refractivity contribution in [1.29, 1.82) is 0 Å². The molecule has 0 bridgehead atoms. The molecule has 0 aliphatic carbocycles. The van der Waals surface area contributed by atoms with Gasteiger partial charge < -0.3 is 10.6 Å². The maximum atomic E-state index is 13.4. The van der Waals surface area contributed by atoms with Gasteiger partial charge in [-0.15, -0.1) is 0 Å². The normalized spacial score (nSPS) is 11.2. The number of benzene rings is 2. The average Bonchev–Trinajstić information content (AvgIpc) is 2.59. The Morgan fingerprint density at radius 3 is 2.08 bits per heavy atom. The summed E-state index contributed by atoms with van der Waals surface area (Å²) in [6, 6.07) is 4.64. The molecule has 2 N–H and O–H groups in total. The molecule has 0 saturated carbocycles. The third kappa shape index (κ3) is 4.52. The number of amides is 2. The summed E-state index contributed by atoms with van der Waals surface area (Å²) in [6.07, 6.45) is -4.55. The summed E-state index contributed by atoms with van der Waals surface area (Å²) in [5.41, 5.74) is -1.71. The van der Waals surface area contributed by atoms with Crippen LogP contribution in [0.25, 0.3) is 0 Å². The molecule has 0 heterocycles. The fourth-order valence-electron chi connectivity index (χ4n) is 1.89. The van der Waals surface area contributed by atoms with Crippen LogP contribution in [-0.2, 0) is 11.0 Å². The van der Waals surface area contributed by atoms with Gasteiger partial charge in [-0.3, -0.25) is 9.59 Å². The van der Waals surface area contributed by atoms with Crippen LogP contribution < -0.4 is 10.6 Å². The van der Waals surface area contributed by atoms with Gasteiger partial charge in [-0.2, -0.15) is 13.2 Å². The summed E-state index contributed by atoms with van der Waals surface area (Å²) in [7, 11) is 0. The van der Waals surface area contributed by atoms with Crippen molar-refractivity contribution in [2.24, 2.45) is 0 Å². The molecule has 0 aliphatic rings. The summed E-state index contributed by atoms with van der Waals surface area (Å²) in [5, 5.41) is 4.03. The molecule has 0 saturated heterocycles. The van der Waals surface area contributed by atoms with Gasteiger partial charge >= 0.3 is 6.18 Å². The molecule has 0 unspecified atom stereocenters. The fourth-order valence-corrected chi connectivity index (χ4v) is 1.89. The molecule has 2 aromatic carbocycles. The summed E-state index contributed by atoms with van der Waals surface area (Å²) >= 11 is 0. The van der Waals surface area contributed by atoms with E-state index in [2.05, 4.69) is 5.32 Å². The van der Waals surface area contributed by atoms with Crippen molar-refractivity contribution in [1.82, 2.24) is 5.32 Å². The van der Waals surface area contributed by atoms with Crippen LogP contribution in [0.1, 0.15) is 15.9 Å². The first-order valence-electron chi connectivity index (χ1n) is 6.98. The maximum Gasteiger partial charge on any atom is 0.416 e. The molecule has 10 heteroatoms. The highest BCUT2D eigenvalue weighted by Gasteiger charge is 2.30. The van der Waals surface area contributed by atoms with Crippen LogP contribution in [0, 0.1) is 17.5 Å². The summed E-state index contributed by atoms with van der Waals surface area (Å²) in [5.74, 6) is -6.60. The van der Waals surface area contributed by atoms with Crippen molar-refractivity contribution in [2.75, 3.05) is 11.9 Å². The van der Waals surface area contributed by atoms with E-state index < -0.39 is 53.2 Å². The lowest BCUT2D eigenvalue weighted by molar-refractivity contribution is -0.137. The summed E-state index contributed by atoms with van der Waals surface area (Å²) in [6.45, 7) is -0.668. The highest BCUT2D eigenvalue weighted by Crippen LogP contribution is 2.29. The van der Waals surface area contributed by atoms with Gasteiger partial charge in [-0.25, -0.2) is 13.2 Å². The monoisotopic (exact) mass is 376 g/mol. The van der Waals surface area contributed by atoms with Crippen molar-refractivity contribution in [3.8, 4) is 0 Å². The Morgan fingerprint density at radius 1 is 0.885 bits per heavy atom. The van der Waals surface area contributed by atoms with E-state index in [0.29, 0.717) is 18.2 Å². The molecule has 138 valence electrons. The molecule has 2 amide bonds. The second-order valence-electron chi connectivity index (χ2n) is 5.03. The molecule has 0 spiro atoms. The first-order valence-corrected chi connectivity index (χ1v) is 6.98. The van der Waals surface area contributed by atoms with Crippen LogP contribution in [-0.4, -0.2) is 18.4 Å². The Bertz CT molecular complexity index is 834. The third-order valence-corrected chi connectivity index (χ3v) is 3.19. The van der Waals surface area contributed by atoms with Crippen molar-refractivity contribution in [3.05, 3.63) is 65.0 Å². The van der Waals surface area contributed by atoms with Gasteiger partial charge in [0.25, 0.3) is 5.91 Å². The Hall–Kier alpha value is -3.04. The molecular weight excluding hydrogens is 366 g/mol. The average molecular weight is 376 g/mol. The Balaban J connectivity index is 1.95. The van der Waals surface area contributed by atoms with Crippen LogP contribution in [0.2, 0.25) is 0 Å². The van der Waals surface area contributed by atoms with Gasteiger partial charge in [-0.1, -0.05) is 0 Å². The van der Waals surface area contributed by atoms with E-state index in [-0.39, 0.29) is 5.56 Å². The molecule has 0 atom stereocenters. The molecule has 0 aromatic heterocycles. The number of anilines is 1. The zero-order chi connectivity index (χ0) is 19.5. The van der Waals surface area contributed by atoms with E-state index in [0.717, 1.165) is 18.2 Å². The van der Waals surface area contributed by atoms with Crippen molar-refractivity contribution in [3.63, 3.8) is 0 Å². The molecule has 2 rings (SSSR count). The first kappa shape index (κ1) is 19.3. The largest absolute Gasteiger partial charge is 0.416 e. The smallest absolute Gasteiger partial charge is 0.343 e. The van der Waals surface area contributed by atoms with E-state index in [1.54, 1.807) is 0 Å². The van der Waals surface area contributed by atoms with E-state index in [4.69, 9.17) is 0 Å². The van der Waals surface area contributed by atoms with E-state index in [9.17, 15) is 35.9 Å². The van der Waals surface area contributed by atoms with Crippen LogP contribution in [0.15, 0.2) is 36.4 Å². The quantitative estimate of drug-likeness (QED) is 0.634. The lowest BCUT2D eigenvalue weighted by atomic mass is 10.1. The van der Waals surface area contributed by atoms with Crippen molar-refractivity contribution >= 4 is 17.5 Å². The lowest BCUT2D eigenvalue weighted by Crippen LogP contribution is -2.33. The van der Waals surface area contributed by atoms with Crippen LogP contribution >= 0.6 is 0 Å². The van der Waals surface area contributed by atoms with Crippen LogP contribution in [0.5, 0.6) is 0 Å². The molecule has 4 nitrogen and oxygen atoms in total. The minimum atomic E-state index is -4.55. The molecule has 0 radical (unpaired) electrons. The fraction of sp³-hybridized carbons (Fsp3) is 0.125. The number of carbonyl (C=O) groups excluding carboxylic acids is 2. The SMILES string of the molecule is O=C(CNC(=O)c1ccc(C(F)(F)F)cc1)Nc1ccc(F)c(F)c1F. The number of carbonyl (C=O) groups is 2. The van der Waals surface area contributed by atoms with Gasteiger partial charge in [0, 0.05) is 5.56 Å². The number of hydrogen-bond acceptors (Lipinski definition) is 2. The maximum absolute atomic E-state index is 13.4. The van der Waals surface area contributed by atoms with Gasteiger partial charge in [0.2, 0.25) is 5.91 Å². The second kappa shape index (κ2) is 7.46. The zero-order valence-corrected chi connectivity index (χ0v) is 12.8. The highest BCUT2D eigenvalue weighted by molar-refractivity contribution is 5.99. The van der Waals surface area contributed by atoms with Gasteiger partial charge in [0.05, 0.1) is 17.8 Å². The minimum Gasteiger partial charge on any atom is -0.343 e. The predicted octanol–water partition coefficient (Wildman–Crippen LogP) is 3.49.